The predicted molar refractivity (Wildman–Crippen MR) is 90.4 cm³/mol. The number of likely N-dealkylation sites (tertiary alicyclic amines) is 1. The summed E-state index contributed by atoms with van der Waals surface area (Å²) in [6.07, 6.45) is 3.48. The van der Waals surface area contributed by atoms with Crippen LogP contribution in [-0.4, -0.2) is 42.8 Å². The van der Waals surface area contributed by atoms with Crippen molar-refractivity contribution in [3.05, 3.63) is 35.4 Å². The number of ketones is 1. The van der Waals surface area contributed by atoms with E-state index in [1.165, 1.54) is 5.56 Å². The number of benzene rings is 1. The minimum atomic E-state index is 0.0646. The molecule has 0 bridgehead atoms. The number of aryl methyl sites for hydroxylation is 1. The van der Waals surface area contributed by atoms with Gasteiger partial charge in [0.1, 0.15) is 0 Å². The van der Waals surface area contributed by atoms with Crippen LogP contribution in [0.2, 0.25) is 0 Å². The van der Waals surface area contributed by atoms with Gasteiger partial charge in [0.15, 0.2) is 5.78 Å². The number of carbonyl (C=O) groups is 2. The van der Waals surface area contributed by atoms with Crippen molar-refractivity contribution in [2.75, 3.05) is 26.2 Å². The smallest absolute Gasteiger partial charge is 0.225 e. The summed E-state index contributed by atoms with van der Waals surface area (Å²) in [5.74, 6) is 0.780. The van der Waals surface area contributed by atoms with Crippen LogP contribution >= 0.6 is 0 Å². The Bertz CT molecular complexity index is 553. The van der Waals surface area contributed by atoms with Gasteiger partial charge in [0.2, 0.25) is 5.91 Å². The second-order valence-corrected chi connectivity index (χ2v) is 6.85. The largest absolute Gasteiger partial charge is 0.342 e. The van der Waals surface area contributed by atoms with Crippen LogP contribution in [0.15, 0.2) is 24.3 Å². The Morgan fingerprint density at radius 1 is 0.957 bits per heavy atom. The zero-order valence-corrected chi connectivity index (χ0v) is 13.9. The fourth-order valence-electron chi connectivity index (χ4n) is 3.64. The van der Waals surface area contributed by atoms with Gasteiger partial charge in [-0.1, -0.05) is 29.8 Å². The predicted octanol–water partition coefficient (Wildman–Crippen LogP) is 2.42. The van der Waals surface area contributed by atoms with Gasteiger partial charge in [0, 0.05) is 30.5 Å². The first kappa shape index (κ1) is 16.2. The number of hydrogen-bond acceptors (Lipinski definition) is 3. The molecule has 0 aliphatic carbocycles. The lowest BCUT2D eigenvalue weighted by atomic mass is 9.87. The number of nitrogens with one attached hydrogen (secondary N) is 1. The van der Waals surface area contributed by atoms with E-state index in [2.05, 4.69) is 5.32 Å². The Kier molecular flexibility index (Phi) is 5.11. The van der Waals surface area contributed by atoms with E-state index in [0.29, 0.717) is 5.91 Å². The fraction of sp³-hybridized carbons (Fsp3) is 0.579. The van der Waals surface area contributed by atoms with Crippen molar-refractivity contribution in [2.24, 2.45) is 11.8 Å². The van der Waals surface area contributed by atoms with E-state index in [1.54, 1.807) is 0 Å². The third kappa shape index (κ3) is 3.81. The number of nitrogens with zero attached hydrogens (tertiary/aromatic N) is 1. The average Bonchev–Trinajstić information content (AvgIpc) is 2.62. The Morgan fingerprint density at radius 2 is 1.57 bits per heavy atom. The Hall–Kier alpha value is -1.68. The van der Waals surface area contributed by atoms with E-state index in [9.17, 15) is 9.59 Å². The zero-order valence-electron chi connectivity index (χ0n) is 13.9. The summed E-state index contributed by atoms with van der Waals surface area (Å²) in [5.41, 5.74) is 1.97. The van der Waals surface area contributed by atoms with E-state index in [0.717, 1.165) is 57.4 Å². The molecule has 0 radical (unpaired) electrons. The van der Waals surface area contributed by atoms with Crippen molar-refractivity contribution in [3.8, 4) is 0 Å². The number of rotatable bonds is 3. The van der Waals surface area contributed by atoms with Crippen LogP contribution in [0.3, 0.4) is 0 Å². The molecule has 1 amide bonds. The topological polar surface area (TPSA) is 49.4 Å². The van der Waals surface area contributed by atoms with Crippen LogP contribution in [0.1, 0.15) is 41.6 Å². The molecule has 4 nitrogen and oxygen atoms in total. The quantitative estimate of drug-likeness (QED) is 0.872. The molecule has 2 heterocycles. The molecule has 0 aromatic heterocycles. The zero-order chi connectivity index (χ0) is 16.2. The molecule has 0 atom stereocenters. The maximum Gasteiger partial charge on any atom is 0.225 e. The van der Waals surface area contributed by atoms with E-state index < -0.39 is 0 Å². The molecular weight excluding hydrogens is 288 g/mol. The second kappa shape index (κ2) is 7.26. The first-order valence-corrected chi connectivity index (χ1v) is 8.75. The summed E-state index contributed by atoms with van der Waals surface area (Å²) < 4.78 is 0. The van der Waals surface area contributed by atoms with Gasteiger partial charge in [-0.05, 0) is 45.7 Å². The summed E-state index contributed by atoms with van der Waals surface area (Å²) in [5, 5.41) is 3.30. The molecule has 4 heteroatoms. The van der Waals surface area contributed by atoms with Crippen LogP contribution in [0.25, 0.3) is 0 Å². The number of piperidine rings is 2. The van der Waals surface area contributed by atoms with Crippen molar-refractivity contribution < 1.29 is 9.59 Å². The van der Waals surface area contributed by atoms with Crippen LogP contribution in [-0.2, 0) is 4.79 Å². The van der Waals surface area contributed by atoms with Gasteiger partial charge in [0.05, 0.1) is 0 Å². The Morgan fingerprint density at radius 3 is 2.17 bits per heavy atom. The Balaban J connectivity index is 1.54. The molecule has 2 aliphatic heterocycles. The highest BCUT2D eigenvalue weighted by Crippen LogP contribution is 2.24. The standard InChI is InChI=1S/C19H26N2O2/c1-14-2-4-15(5-3-14)18(22)16-8-12-21(13-9-16)19(23)17-6-10-20-11-7-17/h2-5,16-17,20H,6-13H2,1H3. The van der Waals surface area contributed by atoms with Gasteiger partial charge in [-0.15, -0.1) is 0 Å². The van der Waals surface area contributed by atoms with Crippen LogP contribution in [0.4, 0.5) is 0 Å². The first-order valence-electron chi connectivity index (χ1n) is 8.75. The second-order valence-electron chi connectivity index (χ2n) is 6.85. The van der Waals surface area contributed by atoms with Gasteiger partial charge in [-0.2, -0.15) is 0 Å². The van der Waals surface area contributed by atoms with Gasteiger partial charge in [-0.3, -0.25) is 9.59 Å². The van der Waals surface area contributed by atoms with Crippen molar-refractivity contribution in [1.82, 2.24) is 10.2 Å². The molecule has 1 aromatic rings. The van der Waals surface area contributed by atoms with Gasteiger partial charge in [-0.25, -0.2) is 0 Å². The van der Waals surface area contributed by atoms with E-state index >= 15 is 0 Å². The highest BCUT2D eigenvalue weighted by molar-refractivity contribution is 5.98. The van der Waals surface area contributed by atoms with E-state index in [1.807, 2.05) is 36.1 Å². The lowest BCUT2D eigenvalue weighted by Gasteiger charge is -2.34. The highest BCUT2D eigenvalue weighted by Gasteiger charge is 2.31. The molecule has 124 valence electrons. The third-order valence-corrected chi connectivity index (χ3v) is 5.20. The average molecular weight is 314 g/mol. The van der Waals surface area contributed by atoms with Gasteiger partial charge < -0.3 is 10.2 Å². The minimum absolute atomic E-state index is 0.0646. The number of carbonyl (C=O) groups excluding carboxylic acids is 2. The summed E-state index contributed by atoms with van der Waals surface area (Å²) in [6.45, 7) is 5.37. The molecule has 3 rings (SSSR count). The summed E-state index contributed by atoms with van der Waals surface area (Å²) in [7, 11) is 0. The van der Waals surface area contributed by atoms with Crippen molar-refractivity contribution >= 4 is 11.7 Å². The van der Waals surface area contributed by atoms with Crippen molar-refractivity contribution in [3.63, 3.8) is 0 Å². The molecule has 0 spiro atoms. The maximum atomic E-state index is 12.6. The molecule has 23 heavy (non-hydrogen) atoms. The maximum absolute atomic E-state index is 12.6. The third-order valence-electron chi connectivity index (χ3n) is 5.20. The van der Waals surface area contributed by atoms with Gasteiger partial charge >= 0.3 is 0 Å². The molecule has 0 saturated carbocycles. The van der Waals surface area contributed by atoms with Gasteiger partial charge in [0.25, 0.3) is 0 Å². The molecule has 1 aromatic carbocycles. The fourth-order valence-corrected chi connectivity index (χ4v) is 3.64. The summed E-state index contributed by atoms with van der Waals surface area (Å²) in [4.78, 5) is 27.1. The molecule has 2 aliphatic rings. The molecule has 1 N–H and O–H groups in total. The Labute approximate surface area is 138 Å². The van der Waals surface area contributed by atoms with E-state index in [-0.39, 0.29) is 17.6 Å². The molecule has 2 saturated heterocycles. The lowest BCUT2D eigenvalue weighted by molar-refractivity contribution is -0.137. The van der Waals surface area contributed by atoms with Crippen molar-refractivity contribution in [1.29, 1.82) is 0 Å². The van der Waals surface area contributed by atoms with Crippen molar-refractivity contribution in [2.45, 2.75) is 32.6 Å². The SMILES string of the molecule is Cc1ccc(C(=O)C2CCN(C(=O)C3CCNCC3)CC2)cc1. The monoisotopic (exact) mass is 314 g/mol. The highest BCUT2D eigenvalue weighted by atomic mass is 16.2. The minimum Gasteiger partial charge on any atom is -0.342 e. The molecule has 2 fully saturated rings. The lowest BCUT2D eigenvalue weighted by Crippen LogP contribution is -2.45. The summed E-state index contributed by atoms with van der Waals surface area (Å²) in [6, 6.07) is 7.82. The van der Waals surface area contributed by atoms with E-state index in [4.69, 9.17) is 0 Å². The normalized spacial score (nSPS) is 20.5. The summed E-state index contributed by atoms with van der Waals surface area (Å²) >= 11 is 0. The van der Waals surface area contributed by atoms with Crippen LogP contribution < -0.4 is 5.32 Å². The van der Waals surface area contributed by atoms with Crippen LogP contribution in [0, 0.1) is 18.8 Å². The number of amides is 1. The molecule has 0 unspecified atom stereocenters. The first-order chi connectivity index (χ1) is 11.1. The number of Topliss-reactive ketones (excluding diaryl/α,β-unsaturated/α-hetero) is 1. The van der Waals surface area contributed by atoms with Crippen LogP contribution in [0.5, 0.6) is 0 Å². The molecular formula is C19H26N2O2. The number of hydrogen-bond donors (Lipinski definition) is 1.